The van der Waals surface area contributed by atoms with Gasteiger partial charge in [-0.3, -0.25) is 4.79 Å². The molecule has 5 rings (SSSR count). The third kappa shape index (κ3) is 8.13. The molecule has 0 bridgehead atoms. The van der Waals surface area contributed by atoms with Gasteiger partial charge >= 0.3 is 6.09 Å². The molecule has 0 saturated carbocycles. The number of ether oxygens (including phenoxy) is 3. The highest BCUT2D eigenvalue weighted by molar-refractivity contribution is 5.98. The van der Waals surface area contributed by atoms with Crippen molar-refractivity contribution in [1.82, 2.24) is 19.4 Å². The zero-order valence-electron chi connectivity index (χ0n) is 29.8. The Kier molecular flexibility index (Phi) is 11.0. The summed E-state index contributed by atoms with van der Waals surface area (Å²) < 4.78 is 47.9. The Balaban J connectivity index is 1.53. The van der Waals surface area contributed by atoms with Crippen LogP contribution in [0.4, 0.5) is 25.1 Å². The number of anilines is 2. The number of benzene rings is 2. The number of amides is 2. The van der Waals surface area contributed by atoms with Crippen LogP contribution in [0.2, 0.25) is 0 Å². The maximum Gasteiger partial charge on any atom is 0.417 e. The second-order valence-electron chi connectivity index (χ2n) is 13.2. The van der Waals surface area contributed by atoms with E-state index in [2.05, 4.69) is 15.3 Å². The summed E-state index contributed by atoms with van der Waals surface area (Å²) in [6.45, 7) is 9.49. The quantitative estimate of drug-likeness (QED) is 0.124. The normalized spacial score (nSPS) is 15.9. The molecular formula is C38H43F2N5O6. The number of nitrogens with zero attached hydrogens (tertiary/aromatic N) is 4. The highest BCUT2D eigenvalue weighted by Crippen LogP contribution is 2.37. The predicted octanol–water partition coefficient (Wildman–Crippen LogP) is 8.33. The van der Waals surface area contributed by atoms with Crippen molar-refractivity contribution >= 4 is 34.4 Å². The predicted molar refractivity (Wildman–Crippen MR) is 189 cm³/mol. The minimum atomic E-state index is -0.841. The van der Waals surface area contributed by atoms with Crippen LogP contribution in [0.5, 0.6) is 5.88 Å². The van der Waals surface area contributed by atoms with E-state index < -0.39 is 34.8 Å². The Labute approximate surface area is 295 Å². The molecule has 0 radical (unpaired) electrons. The number of halogens is 2. The number of carbonyl (C=O) groups is 2. The van der Waals surface area contributed by atoms with E-state index in [-0.39, 0.29) is 47.4 Å². The van der Waals surface area contributed by atoms with Crippen molar-refractivity contribution in [1.29, 1.82) is 0 Å². The molecule has 2 N–H and O–H groups in total. The lowest BCUT2D eigenvalue weighted by Crippen LogP contribution is -2.46. The summed E-state index contributed by atoms with van der Waals surface area (Å²) >= 11 is 0. The molecule has 13 heteroatoms. The Morgan fingerprint density at radius 2 is 1.76 bits per heavy atom. The molecule has 4 aromatic rings. The standard InChI is InChI=1S/C38H43F2N5O6/c1-8-23(30(50-7)19-22(2)49-6)20-44-21-29-32(36(44)47)34(43-33(42-29)31-27(39)12-9-13-28(31)40)41-25-16-14-24(15-17-25)26-11-10-18-45(35(26)46)37(48)51-38(3,4)5/h9,12-17,19,21,26,47H,8,10-11,18,20H2,1-7H3,(H,41,42,43). The van der Waals surface area contributed by atoms with Gasteiger partial charge in [-0.2, -0.15) is 0 Å². The Morgan fingerprint density at radius 1 is 1.08 bits per heavy atom. The number of methoxy groups -OCH3 is 2. The first kappa shape index (κ1) is 36.8. The average Bonchev–Trinajstić information content (AvgIpc) is 3.40. The molecule has 1 aliphatic heterocycles. The molecular weight excluding hydrogens is 660 g/mol. The second-order valence-corrected chi connectivity index (χ2v) is 13.2. The first-order chi connectivity index (χ1) is 24.2. The van der Waals surface area contributed by atoms with Gasteiger partial charge in [0.25, 0.3) is 0 Å². The molecule has 0 aliphatic carbocycles. The van der Waals surface area contributed by atoms with E-state index >= 15 is 0 Å². The number of hydrogen-bond acceptors (Lipinski definition) is 9. The monoisotopic (exact) mass is 703 g/mol. The number of piperidine rings is 1. The Hall–Kier alpha value is -5.46. The fraction of sp³-hybridized carbons (Fsp3) is 0.368. The molecule has 1 fully saturated rings. The largest absolute Gasteiger partial charge is 0.501 e. The number of carbonyl (C=O) groups excluding carboxylic acids is 2. The third-order valence-electron chi connectivity index (χ3n) is 8.54. The molecule has 1 atom stereocenters. The lowest BCUT2D eigenvalue weighted by atomic mass is 9.90. The van der Waals surface area contributed by atoms with E-state index in [0.717, 1.165) is 22.6 Å². The Morgan fingerprint density at radius 3 is 2.37 bits per heavy atom. The van der Waals surface area contributed by atoms with Gasteiger partial charge in [0.15, 0.2) is 5.82 Å². The lowest BCUT2D eigenvalue weighted by Gasteiger charge is -2.32. The van der Waals surface area contributed by atoms with Crippen molar-refractivity contribution < 1.29 is 37.7 Å². The van der Waals surface area contributed by atoms with E-state index in [4.69, 9.17) is 14.2 Å². The van der Waals surface area contributed by atoms with Gasteiger partial charge in [0.1, 0.15) is 34.2 Å². The fourth-order valence-electron chi connectivity index (χ4n) is 5.92. The highest BCUT2D eigenvalue weighted by Gasteiger charge is 2.36. The van der Waals surface area contributed by atoms with Crippen LogP contribution in [0.15, 0.2) is 71.8 Å². The number of fused-ring (bicyclic) bond motifs is 1. The average molecular weight is 704 g/mol. The first-order valence-corrected chi connectivity index (χ1v) is 16.7. The van der Waals surface area contributed by atoms with Gasteiger partial charge in [0.05, 0.1) is 43.5 Å². The minimum absolute atomic E-state index is 0.107. The molecule has 51 heavy (non-hydrogen) atoms. The van der Waals surface area contributed by atoms with Crippen LogP contribution >= 0.6 is 0 Å². The number of imide groups is 1. The molecule has 11 nitrogen and oxygen atoms in total. The molecule has 0 spiro atoms. The van der Waals surface area contributed by atoms with Crippen molar-refractivity contribution in [2.45, 2.75) is 71.9 Å². The van der Waals surface area contributed by atoms with Gasteiger partial charge in [-0.05, 0) is 82.4 Å². The number of allylic oxidation sites excluding steroid dienone is 3. The van der Waals surface area contributed by atoms with Crippen molar-refractivity contribution in [3.8, 4) is 17.3 Å². The van der Waals surface area contributed by atoms with Gasteiger partial charge in [0.2, 0.25) is 11.8 Å². The summed E-state index contributed by atoms with van der Waals surface area (Å²) in [6.07, 6.45) is 4.45. The van der Waals surface area contributed by atoms with Crippen LogP contribution in [0.3, 0.4) is 0 Å². The zero-order valence-corrected chi connectivity index (χ0v) is 29.8. The zero-order chi connectivity index (χ0) is 37.0. The van der Waals surface area contributed by atoms with E-state index in [0.29, 0.717) is 42.0 Å². The number of aromatic nitrogens is 3. The summed E-state index contributed by atoms with van der Waals surface area (Å²) in [5.41, 5.74) is 1.17. The van der Waals surface area contributed by atoms with Crippen LogP contribution in [0.1, 0.15) is 65.4 Å². The molecule has 1 saturated heterocycles. The van der Waals surface area contributed by atoms with Gasteiger partial charge in [-0.1, -0.05) is 25.1 Å². The molecule has 1 aliphatic rings. The van der Waals surface area contributed by atoms with Gasteiger partial charge < -0.3 is 29.2 Å². The first-order valence-electron chi connectivity index (χ1n) is 16.7. The summed E-state index contributed by atoms with van der Waals surface area (Å²) in [6, 6.07) is 10.5. The molecule has 2 aromatic carbocycles. The van der Waals surface area contributed by atoms with Gasteiger partial charge in [-0.15, -0.1) is 0 Å². The SMILES string of the molecule is CCC(Cn1cc2nc(-c3c(F)cccc3F)nc(Nc3ccc(C4CCCN(C(=O)OC(C)(C)C)C4=O)cc3)c2c1O)=C(C=C(C)OC)OC. The molecule has 1 unspecified atom stereocenters. The van der Waals surface area contributed by atoms with E-state index in [1.165, 1.54) is 6.07 Å². The highest BCUT2D eigenvalue weighted by atomic mass is 19.1. The van der Waals surface area contributed by atoms with Crippen LogP contribution in [0, 0.1) is 11.6 Å². The van der Waals surface area contributed by atoms with Gasteiger partial charge in [-0.25, -0.2) is 28.4 Å². The third-order valence-corrected chi connectivity index (χ3v) is 8.54. The second kappa shape index (κ2) is 15.2. The van der Waals surface area contributed by atoms with Crippen molar-refractivity contribution in [3.63, 3.8) is 0 Å². The fourth-order valence-corrected chi connectivity index (χ4v) is 5.92. The molecule has 2 aromatic heterocycles. The summed E-state index contributed by atoms with van der Waals surface area (Å²) in [7, 11) is 3.10. The van der Waals surface area contributed by atoms with Gasteiger partial charge in [0, 0.05) is 24.5 Å². The number of rotatable bonds is 10. The van der Waals surface area contributed by atoms with Crippen LogP contribution in [-0.2, 0) is 25.5 Å². The minimum Gasteiger partial charge on any atom is -0.501 e. The van der Waals surface area contributed by atoms with E-state index in [1.807, 2.05) is 6.92 Å². The van der Waals surface area contributed by atoms with Crippen LogP contribution in [0.25, 0.3) is 22.3 Å². The van der Waals surface area contributed by atoms with E-state index in [1.54, 1.807) is 83.0 Å². The van der Waals surface area contributed by atoms with Crippen LogP contribution in [-0.4, -0.2) is 62.9 Å². The van der Waals surface area contributed by atoms with Crippen molar-refractivity contribution in [3.05, 3.63) is 89.0 Å². The smallest absolute Gasteiger partial charge is 0.417 e. The maximum atomic E-state index is 15.0. The lowest BCUT2D eigenvalue weighted by molar-refractivity contribution is -0.134. The topological polar surface area (TPSA) is 128 Å². The van der Waals surface area contributed by atoms with Crippen molar-refractivity contribution in [2.24, 2.45) is 0 Å². The molecule has 3 heterocycles. The molecule has 270 valence electrons. The summed E-state index contributed by atoms with van der Waals surface area (Å²) in [5.74, 6) is -1.64. The number of hydrogen-bond donors (Lipinski definition) is 2. The maximum absolute atomic E-state index is 15.0. The summed E-state index contributed by atoms with van der Waals surface area (Å²) in [5, 5.41) is 14.9. The summed E-state index contributed by atoms with van der Waals surface area (Å²) in [4.78, 5) is 36.2. The number of nitrogens with one attached hydrogen (secondary N) is 1. The van der Waals surface area contributed by atoms with Crippen molar-refractivity contribution in [2.75, 3.05) is 26.1 Å². The van der Waals surface area contributed by atoms with E-state index in [9.17, 15) is 23.5 Å². The Bertz CT molecular complexity index is 1980. The molecule has 2 amide bonds. The number of aromatic hydroxyl groups is 1. The van der Waals surface area contributed by atoms with Crippen LogP contribution < -0.4 is 5.32 Å². The number of likely N-dealkylation sites (tertiary alicyclic amines) is 1.